The number of aliphatic hydroxyl groups is 3. The Morgan fingerprint density at radius 3 is 2.38 bits per heavy atom. The standard InChI is InChI=1S/C28H26O9/c1-12(29)22-20(31)10-14-8-13-9-18-16(17-11-15(36-2)4-7-21(17)37-3)5-6-19(30)24(18)25(32)23(13)27(34)28(14,35)26(22)33/h4-7,11,13-14,30-31,34-35H,8-10H2,1-3H3. The van der Waals surface area contributed by atoms with Crippen LogP contribution in [0.3, 0.4) is 0 Å². The molecule has 2 aromatic carbocycles. The van der Waals surface area contributed by atoms with Crippen LogP contribution in [0.5, 0.6) is 17.2 Å². The predicted octanol–water partition coefficient (Wildman–Crippen LogP) is 3.37. The van der Waals surface area contributed by atoms with Crippen LogP contribution in [0.15, 0.2) is 53.0 Å². The number of aromatic hydroxyl groups is 1. The van der Waals surface area contributed by atoms with E-state index in [-0.39, 0.29) is 36.1 Å². The van der Waals surface area contributed by atoms with E-state index >= 15 is 0 Å². The number of Topliss-reactive ketones (excluding diaryl/α,β-unsaturated/α-hetero) is 3. The van der Waals surface area contributed by atoms with Gasteiger partial charge in [-0.25, -0.2) is 0 Å². The van der Waals surface area contributed by atoms with E-state index in [0.717, 1.165) is 6.92 Å². The van der Waals surface area contributed by atoms with Gasteiger partial charge in [0, 0.05) is 23.5 Å². The van der Waals surface area contributed by atoms with Crippen molar-refractivity contribution in [2.24, 2.45) is 11.8 Å². The number of carbonyl (C=O) groups excluding carboxylic acids is 3. The summed E-state index contributed by atoms with van der Waals surface area (Å²) in [6.07, 6.45) is 0.0877. The van der Waals surface area contributed by atoms with Gasteiger partial charge in [-0.2, -0.15) is 0 Å². The number of aliphatic hydroxyl groups excluding tert-OH is 2. The van der Waals surface area contributed by atoms with Crippen LogP contribution in [0.25, 0.3) is 11.1 Å². The minimum atomic E-state index is -2.52. The van der Waals surface area contributed by atoms with Gasteiger partial charge in [0.1, 0.15) is 34.3 Å². The highest BCUT2D eigenvalue weighted by Crippen LogP contribution is 2.53. The molecule has 3 aliphatic rings. The molecule has 192 valence electrons. The maximum absolute atomic E-state index is 13.8. The molecule has 0 amide bonds. The van der Waals surface area contributed by atoms with E-state index in [9.17, 15) is 34.8 Å². The maximum atomic E-state index is 13.8. The fourth-order valence-electron chi connectivity index (χ4n) is 6.01. The SMILES string of the molecule is COc1ccc(OC)c(-c2ccc(O)c3c2CC2CC4CC(O)=C(C(C)=O)C(=O)C4(O)C(O)=C2C3=O)c1. The Morgan fingerprint density at radius 2 is 1.73 bits per heavy atom. The number of carbonyl (C=O) groups is 3. The van der Waals surface area contributed by atoms with Crippen molar-refractivity contribution in [3.05, 3.63) is 64.1 Å². The van der Waals surface area contributed by atoms with E-state index < -0.39 is 51.9 Å². The first kappa shape index (κ1) is 24.6. The lowest BCUT2D eigenvalue weighted by atomic mass is 9.60. The van der Waals surface area contributed by atoms with Crippen LogP contribution in [0, 0.1) is 11.8 Å². The molecule has 9 heteroatoms. The lowest BCUT2D eigenvalue weighted by Gasteiger charge is -2.45. The lowest BCUT2D eigenvalue weighted by Crippen LogP contribution is -2.56. The Labute approximate surface area is 212 Å². The number of phenolic OH excluding ortho intramolecular Hbond substituents is 1. The number of fused-ring (bicyclic) bond motifs is 3. The predicted molar refractivity (Wildman–Crippen MR) is 131 cm³/mol. The highest BCUT2D eigenvalue weighted by molar-refractivity contribution is 6.25. The number of hydrogen-bond acceptors (Lipinski definition) is 9. The topological polar surface area (TPSA) is 151 Å². The Hall–Kier alpha value is -4.11. The molecule has 0 radical (unpaired) electrons. The van der Waals surface area contributed by atoms with Gasteiger partial charge < -0.3 is 29.9 Å². The molecule has 0 aromatic heterocycles. The molecule has 0 heterocycles. The molecule has 3 aliphatic carbocycles. The third kappa shape index (κ3) is 3.37. The van der Waals surface area contributed by atoms with Gasteiger partial charge in [-0.15, -0.1) is 0 Å². The number of benzene rings is 2. The zero-order valence-electron chi connectivity index (χ0n) is 20.5. The fourth-order valence-corrected chi connectivity index (χ4v) is 6.01. The monoisotopic (exact) mass is 506 g/mol. The summed E-state index contributed by atoms with van der Waals surface area (Å²) in [6.45, 7) is 1.08. The molecule has 0 aliphatic heterocycles. The van der Waals surface area contributed by atoms with Crippen LogP contribution < -0.4 is 9.47 Å². The molecule has 0 spiro atoms. The summed E-state index contributed by atoms with van der Waals surface area (Å²) in [6, 6.07) is 8.25. The second-order valence-electron chi connectivity index (χ2n) is 9.65. The van der Waals surface area contributed by atoms with Crippen LogP contribution in [-0.4, -0.2) is 57.6 Å². The van der Waals surface area contributed by atoms with E-state index in [1.165, 1.54) is 20.3 Å². The summed E-state index contributed by atoms with van der Waals surface area (Å²) < 4.78 is 10.9. The van der Waals surface area contributed by atoms with Gasteiger partial charge in [0.2, 0.25) is 5.78 Å². The molecule has 0 saturated carbocycles. The molecule has 3 atom stereocenters. The van der Waals surface area contributed by atoms with Gasteiger partial charge in [0.25, 0.3) is 0 Å². The Morgan fingerprint density at radius 1 is 1.00 bits per heavy atom. The van der Waals surface area contributed by atoms with Crippen molar-refractivity contribution in [1.29, 1.82) is 0 Å². The molecular weight excluding hydrogens is 480 g/mol. The van der Waals surface area contributed by atoms with Gasteiger partial charge >= 0.3 is 0 Å². The number of hydrogen-bond donors (Lipinski definition) is 4. The molecule has 9 nitrogen and oxygen atoms in total. The summed E-state index contributed by atoms with van der Waals surface area (Å²) in [7, 11) is 3.04. The number of phenols is 1. The second-order valence-corrected chi connectivity index (χ2v) is 9.65. The van der Waals surface area contributed by atoms with Crippen LogP contribution in [0.2, 0.25) is 0 Å². The number of rotatable bonds is 4. The largest absolute Gasteiger partial charge is 0.511 e. The first-order chi connectivity index (χ1) is 17.5. The van der Waals surface area contributed by atoms with Gasteiger partial charge in [-0.05, 0) is 61.1 Å². The second kappa shape index (κ2) is 8.48. The Bertz CT molecular complexity index is 1450. The summed E-state index contributed by atoms with van der Waals surface area (Å²) in [4.78, 5) is 38.9. The quantitative estimate of drug-likeness (QED) is 0.458. The van der Waals surface area contributed by atoms with E-state index in [1.54, 1.807) is 24.3 Å². The van der Waals surface area contributed by atoms with Crippen LogP contribution in [0.1, 0.15) is 35.7 Å². The molecule has 4 N–H and O–H groups in total. The zero-order chi connectivity index (χ0) is 26.8. The van der Waals surface area contributed by atoms with Gasteiger partial charge in [-0.3, -0.25) is 14.4 Å². The molecule has 5 rings (SSSR count). The highest BCUT2D eigenvalue weighted by Gasteiger charge is 2.59. The summed E-state index contributed by atoms with van der Waals surface area (Å²) in [5.74, 6) is -4.64. The molecule has 2 aromatic rings. The molecular formula is C28H26O9. The Kier molecular flexibility index (Phi) is 5.64. The molecule has 0 bridgehead atoms. The molecule has 0 saturated heterocycles. The number of ether oxygens (including phenoxy) is 2. The summed E-state index contributed by atoms with van der Waals surface area (Å²) >= 11 is 0. The summed E-state index contributed by atoms with van der Waals surface area (Å²) in [5, 5.41) is 43.7. The highest BCUT2D eigenvalue weighted by atomic mass is 16.5. The maximum Gasteiger partial charge on any atom is 0.209 e. The van der Waals surface area contributed by atoms with E-state index in [2.05, 4.69) is 0 Å². The van der Waals surface area contributed by atoms with Crippen molar-refractivity contribution in [3.8, 4) is 28.4 Å². The third-order valence-electron chi connectivity index (χ3n) is 7.75. The first-order valence-corrected chi connectivity index (χ1v) is 11.8. The van der Waals surface area contributed by atoms with Crippen LogP contribution >= 0.6 is 0 Å². The van der Waals surface area contributed by atoms with Crippen LogP contribution in [-0.2, 0) is 16.0 Å². The lowest BCUT2D eigenvalue weighted by molar-refractivity contribution is -0.144. The summed E-state index contributed by atoms with van der Waals surface area (Å²) in [5.41, 5.74) is -1.54. The fraction of sp³-hybridized carbons (Fsp3) is 0.321. The molecule has 3 unspecified atom stereocenters. The van der Waals surface area contributed by atoms with Gasteiger partial charge in [0.05, 0.1) is 19.8 Å². The van der Waals surface area contributed by atoms with Gasteiger partial charge in [0.15, 0.2) is 17.2 Å². The van der Waals surface area contributed by atoms with Crippen LogP contribution in [0.4, 0.5) is 0 Å². The number of ketones is 3. The van der Waals surface area contributed by atoms with E-state index in [0.29, 0.717) is 28.2 Å². The van der Waals surface area contributed by atoms with E-state index in [4.69, 9.17) is 9.47 Å². The van der Waals surface area contributed by atoms with Crippen molar-refractivity contribution in [3.63, 3.8) is 0 Å². The molecule has 37 heavy (non-hydrogen) atoms. The van der Waals surface area contributed by atoms with Crippen molar-refractivity contribution >= 4 is 17.3 Å². The van der Waals surface area contributed by atoms with Crippen molar-refractivity contribution in [2.45, 2.75) is 31.8 Å². The zero-order valence-corrected chi connectivity index (χ0v) is 20.5. The normalized spacial score (nSPS) is 24.9. The van der Waals surface area contributed by atoms with Gasteiger partial charge in [-0.1, -0.05) is 6.07 Å². The number of allylic oxidation sites excluding steroid dienone is 2. The van der Waals surface area contributed by atoms with Crippen molar-refractivity contribution < 1.29 is 44.3 Å². The molecule has 0 fully saturated rings. The average molecular weight is 507 g/mol. The minimum Gasteiger partial charge on any atom is -0.511 e. The minimum absolute atomic E-state index is 0.0457. The van der Waals surface area contributed by atoms with Crippen molar-refractivity contribution in [2.75, 3.05) is 14.2 Å². The van der Waals surface area contributed by atoms with Crippen molar-refractivity contribution in [1.82, 2.24) is 0 Å². The average Bonchev–Trinajstić information content (AvgIpc) is 2.85. The van der Waals surface area contributed by atoms with E-state index in [1.807, 2.05) is 0 Å². The smallest absolute Gasteiger partial charge is 0.209 e. The first-order valence-electron chi connectivity index (χ1n) is 11.8. The Balaban J connectivity index is 1.70. The number of methoxy groups -OCH3 is 2. The third-order valence-corrected chi connectivity index (χ3v) is 7.75.